The number of hydrogen-bond acceptors (Lipinski definition) is 2. The van der Waals surface area contributed by atoms with Crippen molar-refractivity contribution in [3.63, 3.8) is 0 Å². The summed E-state index contributed by atoms with van der Waals surface area (Å²) in [6.45, 7) is 2.11. The molecule has 2 heterocycles. The lowest BCUT2D eigenvalue weighted by atomic mass is 10.1. The van der Waals surface area contributed by atoms with Gasteiger partial charge in [-0.15, -0.1) is 11.8 Å². The van der Waals surface area contributed by atoms with Crippen molar-refractivity contribution in [1.29, 1.82) is 0 Å². The lowest BCUT2D eigenvalue weighted by Crippen LogP contribution is -1.94. The summed E-state index contributed by atoms with van der Waals surface area (Å²) >= 11 is 5.46. The molecule has 2 nitrogen and oxygen atoms in total. The molecular weight excluding hydrogens is 332 g/mol. The SMILES string of the molecule is Cc1cc(Br)cc2[nH]c(C3Cc4ccccc4S3)nc12. The average molecular weight is 345 g/mol. The molecule has 1 unspecified atom stereocenters. The topological polar surface area (TPSA) is 28.7 Å². The maximum Gasteiger partial charge on any atom is 0.121 e. The van der Waals surface area contributed by atoms with Gasteiger partial charge in [0.05, 0.1) is 16.3 Å². The minimum atomic E-state index is 0.401. The Hall–Kier alpha value is -1.26. The van der Waals surface area contributed by atoms with E-state index in [0.717, 1.165) is 27.8 Å². The van der Waals surface area contributed by atoms with Crippen LogP contribution in [0.4, 0.5) is 0 Å². The Balaban J connectivity index is 1.76. The number of H-pyrrole nitrogens is 1. The standard InChI is InChI=1S/C16H13BrN2S/c1-9-6-11(17)8-12-15(9)19-16(18-12)14-7-10-4-2-3-5-13(10)20-14/h2-6,8,14H,7H2,1H3,(H,18,19). The van der Waals surface area contributed by atoms with Gasteiger partial charge >= 0.3 is 0 Å². The molecule has 1 aromatic heterocycles. The zero-order chi connectivity index (χ0) is 13.7. The molecule has 0 spiro atoms. The number of fused-ring (bicyclic) bond motifs is 2. The van der Waals surface area contributed by atoms with Crippen LogP contribution >= 0.6 is 27.7 Å². The van der Waals surface area contributed by atoms with Crippen molar-refractivity contribution in [1.82, 2.24) is 9.97 Å². The van der Waals surface area contributed by atoms with Crippen LogP contribution < -0.4 is 0 Å². The normalized spacial score (nSPS) is 17.6. The van der Waals surface area contributed by atoms with Crippen molar-refractivity contribution in [2.45, 2.75) is 23.5 Å². The number of nitrogens with one attached hydrogen (secondary N) is 1. The van der Waals surface area contributed by atoms with Gasteiger partial charge in [-0.05, 0) is 42.7 Å². The Labute approximate surface area is 130 Å². The van der Waals surface area contributed by atoms with Crippen molar-refractivity contribution in [2.75, 3.05) is 0 Å². The highest BCUT2D eigenvalue weighted by Gasteiger charge is 2.26. The Morgan fingerprint density at radius 3 is 3.00 bits per heavy atom. The minimum absolute atomic E-state index is 0.401. The smallest absolute Gasteiger partial charge is 0.121 e. The number of aromatic amines is 1. The van der Waals surface area contributed by atoms with Gasteiger partial charge in [0.2, 0.25) is 0 Å². The van der Waals surface area contributed by atoms with Crippen molar-refractivity contribution in [3.8, 4) is 0 Å². The van der Waals surface area contributed by atoms with E-state index in [0.29, 0.717) is 5.25 Å². The molecule has 3 aromatic rings. The number of thioether (sulfide) groups is 1. The Morgan fingerprint density at radius 1 is 1.30 bits per heavy atom. The molecule has 0 saturated heterocycles. The second kappa shape index (κ2) is 4.64. The first-order valence-corrected chi connectivity index (χ1v) is 8.28. The van der Waals surface area contributed by atoms with Crippen molar-refractivity contribution >= 4 is 38.7 Å². The Morgan fingerprint density at radius 2 is 2.15 bits per heavy atom. The summed E-state index contributed by atoms with van der Waals surface area (Å²) in [6.07, 6.45) is 1.06. The molecule has 100 valence electrons. The molecule has 0 fully saturated rings. The molecule has 0 amide bonds. The van der Waals surface area contributed by atoms with E-state index >= 15 is 0 Å². The van der Waals surface area contributed by atoms with E-state index in [1.54, 1.807) is 0 Å². The van der Waals surface area contributed by atoms with Gasteiger partial charge < -0.3 is 4.98 Å². The quantitative estimate of drug-likeness (QED) is 0.671. The summed E-state index contributed by atoms with van der Waals surface area (Å²) in [6, 6.07) is 12.8. The predicted molar refractivity (Wildman–Crippen MR) is 87.3 cm³/mol. The first kappa shape index (κ1) is 12.5. The molecule has 1 atom stereocenters. The van der Waals surface area contributed by atoms with Gasteiger partial charge in [0.25, 0.3) is 0 Å². The van der Waals surface area contributed by atoms with Gasteiger partial charge in [0.1, 0.15) is 5.82 Å². The van der Waals surface area contributed by atoms with Crippen LogP contribution in [0, 0.1) is 6.92 Å². The maximum absolute atomic E-state index is 4.82. The summed E-state index contributed by atoms with van der Waals surface area (Å²) in [5.41, 5.74) is 4.83. The summed E-state index contributed by atoms with van der Waals surface area (Å²) in [5.74, 6) is 1.09. The van der Waals surface area contributed by atoms with Gasteiger partial charge in [0.15, 0.2) is 0 Å². The van der Waals surface area contributed by atoms with Crippen LogP contribution in [0.25, 0.3) is 11.0 Å². The van der Waals surface area contributed by atoms with Crippen LogP contribution in [-0.4, -0.2) is 9.97 Å². The van der Waals surface area contributed by atoms with Crippen molar-refractivity contribution in [3.05, 3.63) is 57.8 Å². The van der Waals surface area contributed by atoms with Gasteiger partial charge in [-0.25, -0.2) is 4.98 Å². The molecule has 0 radical (unpaired) electrons. The molecule has 1 N–H and O–H groups in total. The molecule has 1 aliphatic heterocycles. The van der Waals surface area contributed by atoms with E-state index in [2.05, 4.69) is 64.2 Å². The van der Waals surface area contributed by atoms with E-state index < -0.39 is 0 Å². The maximum atomic E-state index is 4.82. The third-order valence-electron chi connectivity index (χ3n) is 3.71. The Kier molecular flexibility index (Phi) is 2.89. The van der Waals surface area contributed by atoms with Crippen LogP contribution in [0.15, 0.2) is 45.8 Å². The highest BCUT2D eigenvalue weighted by molar-refractivity contribution is 9.10. The number of aryl methyl sites for hydroxylation is 1. The van der Waals surface area contributed by atoms with E-state index in [4.69, 9.17) is 4.98 Å². The molecule has 0 saturated carbocycles. The fourth-order valence-corrected chi connectivity index (χ4v) is 4.58. The molecule has 4 rings (SSSR count). The number of halogens is 1. The Bertz CT molecular complexity index is 784. The van der Waals surface area contributed by atoms with E-state index in [-0.39, 0.29) is 0 Å². The van der Waals surface area contributed by atoms with E-state index in [1.807, 2.05) is 11.8 Å². The molecule has 0 bridgehead atoms. The van der Waals surface area contributed by atoms with Crippen LogP contribution in [0.2, 0.25) is 0 Å². The summed E-state index contributed by atoms with van der Waals surface area (Å²) in [7, 11) is 0. The van der Waals surface area contributed by atoms with E-state index in [1.165, 1.54) is 16.0 Å². The zero-order valence-electron chi connectivity index (χ0n) is 11.0. The number of aromatic nitrogens is 2. The van der Waals surface area contributed by atoms with Gasteiger partial charge in [-0.2, -0.15) is 0 Å². The van der Waals surface area contributed by atoms with E-state index in [9.17, 15) is 0 Å². The van der Waals surface area contributed by atoms with Crippen LogP contribution in [-0.2, 0) is 6.42 Å². The first-order chi connectivity index (χ1) is 9.70. The van der Waals surface area contributed by atoms with Crippen molar-refractivity contribution < 1.29 is 0 Å². The monoisotopic (exact) mass is 344 g/mol. The molecule has 4 heteroatoms. The molecule has 2 aromatic carbocycles. The summed E-state index contributed by atoms with van der Waals surface area (Å²) < 4.78 is 1.10. The number of imidazole rings is 1. The second-order valence-electron chi connectivity index (χ2n) is 5.16. The largest absolute Gasteiger partial charge is 0.341 e. The number of nitrogens with zero attached hydrogens (tertiary/aromatic N) is 1. The predicted octanol–water partition coefficient (Wildman–Crippen LogP) is 5.02. The average Bonchev–Trinajstić information content (AvgIpc) is 3.01. The lowest BCUT2D eigenvalue weighted by Gasteiger charge is -2.02. The first-order valence-electron chi connectivity index (χ1n) is 6.61. The van der Waals surface area contributed by atoms with Crippen LogP contribution in [0.1, 0.15) is 22.2 Å². The highest BCUT2D eigenvalue weighted by atomic mass is 79.9. The molecule has 0 aliphatic carbocycles. The fourth-order valence-electron chi connectivity index (χ4n) is 2.75. The van der Waals surface area contributed by atoms with Gasteiger partial charge in [0, 0.05) is 9.37 Å². The second-order valence-corrected chi connectivity index (χ2v) is 7.32. The minimum Gasteiger partial charge on any atom is -0.341 e. The van der Waals surface area contributed by atoms with Gasteiger partial charge in [-0.3, -0.25) is 0 Å². The molecule has 20 heavy (non-hydrogen) atoms. The summed E-state index contributed by atoms with van der Waals surface area (Å²) in [5, 5.41) is 0.401. The van der Waals surface area contributed by atoms with Crippen LogP contribution in [0.5, 0.6) is 0 Å². The number of benzene rings is 2. The highest BCUT2D eigenvalue weighted by Crippen LogP contribution is 2.45. The lowest BCUT2D eigenvalue weighted by molar-refractivity contribution is 0.881. The molecular formula is C16H13BrN2S. The number of hydrogen-bond donors (Lipinski definition) is 1. The van der Waals surface area contributed by atoms with Gasteiger partial charge in [-0.1, -0.05) is 34.1 Å². The summed E-state index contributed by atoms with van der Waals surface area (Å²) in [4.78, 5) is 9.70. The fraction of sp³-hybridized carbons (Fsp3) is 0.188. The third-order valence-corrected chi connectivity index (χ3v) is 5.50. The number of rotatable bonds is 1. The zero-order valence-corrected chi connectivity index (χ0v) is 13.4. The molecule has 1 aliphatic rings. The third kappa shape index (κ3) is 1.98. The van der Waals surface area contributed by atoms with Crippen LogP contribution in [0.3, 0.4) is 0 Å². The van der Waals surface area contributed by atoms with Crippen molar-refractivity contribution in [2.24, 2.45) is 0 Å².